The van der Waals surface area contributed by atoms with E-state index in [2.05, 4.69) is 25.6 Å². The lowest BCUT2D eigenvalue weighted by Crippen LogP contribution is -2.24. The van der Waals surface area contributed by atoms with Crippen LogP contribution in [0.15, 0.2) is 46.0 Å². The zero-order valence-corrected chi connectivity index (χ0v) is 13.9. The van der Waals surface area contributed by atoms with Crippen molar-refractivity contribution in [2.45, 2.75) is 24.9 Å². The molecule has 1 heterocycles. The monoisotopic (exact) mass is 369 g/mol. The number of hydrogen-bond donors (Lipinski definition) is 2. The van der Waals surface area contributed by atoms with Crippen molar-refractivity contribution in [1.29, 1.82) is 0 Å². The molecule has 0 aliphatic rings. The standard InChI is InChI=1S/C14H16BrN3O2S/c1-10-5-12(7-16)6-13(14(10)15)21(19,20)18-9-11-3-2-4-17-8-11/h2-6,8,18H,7,9,16H2,1H3. The van der Waals surface area contributed by atoms with E-state index in [0.717, 1.165) is 16.7 Å². The Morgan fingerprint density at radius 1 is 1.33 bits per heavy atom. The third kappa shape index (κ3) is 3.88. The Morgan fingerprint density at radius 2 is 2.10 bits per heavy atom. The highest BCUT2D eigenvalue weighted by Gasteiger charge is 2.19. The molecule has 2 rings (SSSR count). The molecule has 0 saturated carbocycles. The van der Waals surface area contributed by atoms with Crippen LogP contribution in [0.3, 0.4) is 0 Å². The summed E-state index contributed by atoms with van der Waals surface area (Å²) < 4.78 is 28.0. The lowest BCUT2D eigenvalue weighted by Gasteiger charge is -2.12. The maximum Gasteiger partial charge on any atom is 0.242 e. The molecule has 112 valence electrons. The van der Waals surface area contributed by atoms with Gasteiger partial charge in [0, 0.05) is 30.0 Å². The Kier molecular flexibility index (Phi) is 5.10. The number of rotatable bonds is 5. The number of hydrogen-bond acceptors (Lipinski definition) is 4. The average molecular weight is 370 g/mol. The lowest BCUT2D eigenvalue weighted by atomic mass is 10.1. The first-order valence-electron chi connectivity index (χ1n) is 6.31. The Balaban J connectivity index is 2.29. The second-order valence-electron chi connectivity index (χ2n) is 4.61. The third-order valence-electron chi connectivity index (χ3n) is 3.00. The van der Waals surface area contributed by atoms with Crippen molar-refractivity contribution in [2.24, 2.45) is 5.73 Å². The minimum Gasteiger partial charge on any atom is -0.326 e. The summed E-state index contributed by atoms with van der Waals surface area (Å²) in [5.74, 6) is 0. The fourth-order valence-electron chi connectivity index (χ4n) is 1.88. The SMILES string of the molecule is Cc1cc(CN)cc(S(=O)(=O)NCc2cccnc2)c1Br. The molecule has 0 spiro atoms. The number of halogens is 1. The maximum atomic E-state index is 12.4. The first kappa shape index (κ1) is 16.1. The Labute approximate surface area is 132 Å². The van der Waals surface area contributed by atoms with Crippen LogP contribution < -0.4 is 10.5 Å². The second-order valence-corrected chi connectivity index (χ2v) is 7.14. The number of benzene rings is 1. The summed E-state index contributed by atoms with van der Waals surface area (Å²) in [6, 6.07) is 7.03. The fraction of sp³-hybridized carbons (Fsp3) is 0.214. The minimum atomic E-state index is -3.62. The molecule has 5 nitrogen and oxygen atoms in total. The summed E-state index contributed by atoms with van der Waals surface area (Å²) in [7, 11) is -3.62. The molecular formula is C14H16BrN3O2S. The van der Waals surface area contributed by atoms with E-state index in [-0.39, 0.29) is 11.4 Å². The van der Waals surface area contributed by atoms with Gasteiger partial charge in [-0.25, -0.2) is 13.1 Å². The van der Waals surface area contributed by atoms with Gasteiger partial charge in [-0.05, 0) is 51.7 Å². The van der Waals surface area contributed by atoms with Crippen LogP contribution in [0.1, 0.15) is 16.7 Å². The van der Waals surface area contributed by atoms with Gasteiger partial charge in [-0.15, -0.1) is 0 Å². The van der Waals surface area contributed by atoms with Crippen LogP contribution in [0, 0.1) is 6.92 Å². The Hall–Kier alpha value is -1.28. The highest BCUT2D eigenvalue weighted by Crippen LogP contribution is 2.27. The van der Waals surface area contributed by atoms with E-state index in [4.69, 9.17) is 5.73 Å². The van der Waals surface area contributed by atoms with Crippen molar-refractivity contribution >= 4 is 26.0 Å². The first-order chi connectivity index (χ1) is 9.94. The summed E-state index contributed by atoms with van der Waals surface area (Å²) in [4.78, 5) is 4.16. The molecule has 0 aliphatic carbocycles. The maximum absolute atomic E-state index is 12.4. The van der Waals surface area contributed by atoms with E-state index in [9.17, 15) is 8.42 Å². The molecule has 0 atom stereocenters. The van der Waals surface area contributed by atoms with Crippen LogP contribution in [0.5, 0.6) is 0 Å². The van der Waals surface area contributed by atoms with Crippen LogP contribution in [0.4, 0.5) is 0 Å². The van der Waals surface area contributed by atoms with Gasteiger partial charge in [0.1, 0.15) is 0 Å². The van der Waals surface area contributed by atoms with E-state index in [0.29, 0.717) is 11.0 Å². The summed E-state index contributed by atoms with van der Waals surface area (Å²) in [6.07, 6.45) is 3.27. The summed E-state index contributed by atoms with van der Waals surface area (Å²) >= 11 is 3.33. The van der Waals surface area contributed by atoms with Crippen molar-refractivity contribution in [1.82, 2.24) is 9.71 Å². The van der Waals surface area contributed by atoms with Crippen LogP contribution in [0.2, 0.25) is 0 Å². The van der Waals surface area contributed by atoms with Gasteiger partial charge in [-0.2, -0.15) is 0 Å². The topological polar surface area (TPSA) is 85.1 Å². The molecule has 0 unspecified atom stereocenters. The van der Waals surface area contributed by atoms with Gasteiger partial charge in [-0.3, -0.25) is 4.98 Å². The van der Waals surface area contributed by atoms with E-state index in [1.807, 2.05) is 19.1 Å². The molecule has 0 aliphatic heterocycles. The molecule has 1 aromatic heterocycles. The van der Waals surface area contributed by atoms with Crippen molar-refractivity contribution in [3.63, 3.8) is 0 Å². The van der Waals surface area contributed by atoms with E-state index < -0.39 is 10.0 Å². The van der Waals surface area contributed by atoms with Crippen LogP contribution in [0.25, 0.3) is 0 Å². The smallest absolute Gasteiger partial charge is 0.242 e. The quantitative estimate of drug-likeness (QED) is 0.844. The molecule has 2 aromatic rings. The van der Waals surface area contributed by atoms with Crippen molar-refractivity contribution in [3.05, 3.63) is 57.8 Å². The second kappa shape index (κ2) is 6.65. The van der Waals surface area contributed by atoms with Gasteiger partial charge >= 0.3 is 0 Å². The zero-order chi connectivity index (χ0) is 15.5. The average Bonchev–Trinajstić information content (AvgIpc) is 2.48. The molecule has 0 fully saturated rings. The van der Waals surface area contributed by atoms with Gasteiger partial charge in [0.15, 0.2) is 0 Å². The highest BCUT2D eigenvalue weighted by atomic mass is 79.9. The van der Waals surface area contributed by atoms with Crippen molar-refractivity contribution < 1.29 is 8.42 Å². The predicted molar refractivity (Wildman–Crippen MR) is 85.0 cm³/mol. The van der Waals surface area contributed by atoms with Gasteiger partial charge in [0.2, 0.25) is 10.0 Å². The molecule has 21 heavy (non-hydrogen) atoms. The summed E-state index contributed by atoms with van der Waals surface area (Å²) in [6.45, 7) is 2.32. The number of aryl methyl sites for hydroxylation is 1. The fourth-order valence-corrected chi connectivity index (χ4v) is 3.97. The number of sulfonamides is 1. The predicted octanol–water partition coefficient (Wildman–Crippen LogP) is 2.09. The zero-order valence-electron chi connectivity index (χ0n) is 11.5. The van der Waals surface area contributed by atoms with E-state index in [1.54, 1.807) is 24.5 Å². The summed E-state index contributed by atoms with van der Waals surface area (Å²) in [5, 5.41) is 0. The number of nitrogens with zero attached hydrogens (tertiary/aromatic N) is 1. The van der Waals surface area contributed by atoms with Crippen LogP contribution in [-0.4, -0.2) is 13.4 Å². The van der Waals surface area contributed by atoms with E-state index >= 15 is 0 Å². The number of nitrogens with two attached hydrogens (primary N) is 1. The van der Waals surface area contributed by atoms with Crippen LogP contribution >= 0.6 is 15.9 Å². The van der Waals surface area contributed by atoms with Gasteiger partial charge < -0.3 is 5.73 Å². The van der Waals surface area contributed by atoms with Crippen LogP contribution in [-0.2, 0) is 23.1 Å². The Morgan fingerprint density at radius 3 is 2.71 bits per heavy atom. The Bertz CT molecular complexity index is 733. The number of nitrogens with one attached hydrogen (secondary N) is 1. The molecule has 1 aromatic carbocycles. The largest absolute Gasteiger partial charge is 0.326 e. The lowest BCUT2D eigenvalue weighted by molar-refractivity contribution is 0.580. The molecule has 0 bridgehead atoms. The first-order valence-corrected chi connectivity index (χ1v) is 8.59. The third-order valence-corrected chi connectivity index (χ3v) is 5.74. The molecule has 0 amide bonds. The molecule has 3 N–H and O–H groups in total. The van der Waals surface area contributed by atoms with Crippen molar-refractivity contribution in [3.8, 4) is 0 Å². The molecule has 7 heteroatoms. The van der Waals surface area contributed by atoms with Gasteiger partial charge in [-0.1, -0.05) is 12.1 Å². The van der Waals surface area contributed by atoms with Gasteiger partial charge in [0.25, 0.3) is 0 Å². The number of aromatic nitrogens is 1. The van der Waals surface area contributed by atoms with Gasteiger partial charge in [0.05, 0.1) is 4.90 Å². The van der Waals surface area contributed by atoms with Crippen molar-refractivity contribution in [2.75, 3.05) is 0 Å². The molecule has 0 radical (unpaired) electrons. The molecule has 0 saturated heterocycles. The minimum absolute atomic E-state index is 0.189. The molecular weight excluding hydrogens is 354 g/mol. The normalized spacial score (nSPS) is 11.6. The number of pyridine rings is 1. The summed E-state index contributed by atoms with van der Waals surface area (Å²) in [5.41, 5.74) is 8.01. The van der Waals surface area contributed by atoms with E-state index in [1.165, 1.54) is 0 Å². The highest BCUT2D eigenvalue weighted by molar-refractivity contribution is 9.10.